The van der Waals surface area contributed by atoms with E-state index >= 15 is 0 Å². The lowest BCUT2D eigenvalue weighted by Crippen LogP contribution is -2.59. The lowest BCUT2D eigenvalue weighted by Gasteiger charge is -2.44. The Labute approximate surface area is 108 Å². The Balaban J connectivity index is 2.35. The van der Waals surface area contributed by atoms with Crippen LogP contribution in [-0.2, 0) is 0 Å². The first-order valence-electron chi connectivity index (χ1n) is 6.42. The highest BCUT2D eigenvalue weighted by molar-refractivity contribution is 5.88. The molecule has 0 N–H and O–H groups in total. The maximum atomic E-state index is 13.0. The minimum atomic E-state index is -0.908. The van der Waals surface area contributed by atoms with Crippen LogP contribution in [0.5, 0.6) is 0 Å². The summed E-state index contributed by atoms with van der Waals surface area (Å²) in [6.07, 6.45) is 1.98. The molecule has 1 atom stereocenters. The van der Waals surface area contributed by atoms with E-state index in [4.69, 9.17) is 0 Å². The van der Waals surface area contributed by atoms with E-state index in [9.17, 15) is 10.0 Å². The summed E-state index contributed by atoms with van der Waals surface area (Å²) < 4.78 is -0.908. The van der Waals surface area contributed by atoms with Gasteiger partial charge >= 0.3 is 6.03 Å². The van der Waals surface area contributed by atoms with Crippen molar-refractivity contribution in [1.29, 1.82) is 0 Å². The zero-order chi connectivity index (χ0) is 13.2. The average Bonchev–Trinajstić information content (AvgIpc) is 2.91. The van der Waals surface area contributed by atoms with Crippen LogP contribution >= 0.6 is 0 Å². The fourth-order valence-electron chi connectivity index (χ4n) is 2.35. The van der Waals surface area contributed by atoms with Crippen molar-refractivity contribution in [3.05, 3.63) is 35.5 Å². The second kappa shape index (κ2) is 5.08. The Morgan fingerprint density at radius 3 is 2.39 bits per heavy atom. The molecule has 1 aliphatic rings. The molecule has 1 unspecified atom stereocenters. The Morgan fingerprint density at radius 2 is 1.89 bits per heavy atom. The van der Waals surface area contributed by atoms with E-state index in [-0.39, 0.29) is 12.1 Å². The topological polar surface area (TPSA) is 43.4 Å². The van der Waals surface area contributed by atoms with E-state index < -0.39 is 4.65 Å². The minimum absolute atomic E-state index is 0.333. The standard InChI is InChI=1S/C14H19N2O2/c1-12(2)16(18,13-8-4-3-5-9-13)14(17)15-10-6-7-11-15/h4-5,8-9,12H,6-7,10-11H2,1-2H3. The highest BCUT2D eigenvalue weighted by Crippen LogP contribution is 2.28. The smallest absolute Gasteiger partial charge is 0.424 e. The van der Waals surface area contributed by atoms with E-state index in [1.54, 1.807) is 43.0 Å². The highest BCUT2D eigenvalue weighted by Gasteiger charge is 2.38. The van der Waals surface area contributed by atoms with Crippen LogP contribution in [0, 0.1) is 11.3 Å². The summed E-state index contributed by atoms with van der Waals surface area (Å²) in [5.74, 6) is 0. The van der Waals surface area contributed by atoms with E-state index in [0.717, 1.165) is 12.8 Å². The molecule has 1 aromatic carbocycles. The third kappa shape index (κ3) is 2.13. The maximum Gasteiger partial charge on any atom is 0.424 e. The number of nitrogens with zero attached hydrogens (tertiary/aromatic N) is 2. The van der Waals surface area contributed by atoms with Gasteiger partial charge in [-0.15, -0.1) is 0 Å². The van der Waals surface area contributed by atoms with Crippen LogP contribution in [-0.4, -0.2) is 30.1 Å². The van der Waals surface area contributed by atoms with E-state index in [0.29, 0.717) is 18.8 Å². The summed E-state index contributed by atoms with van der Waals surface area (Å²) in [6.45, 7) is 4.98. The van der Waals surface area contributed by atoms with Crippen LogP contribution in [0.15, 0.2) is 24.3 Å². The fourth-order valence-corrected chi connectivity index (χ4v) is 2.35. The minimum Gasteiger partial charge on any atom is -0.618 e. The van der Waals surface area contributed by atoms with Gasteiger partial charge in [0.1, 0.15) is 5.69 Å². The summed E-state index contributed by atoms with van der Waals surface area (Å²) in [4.78, 5) is 14.2. The predicted molar refractivity (Wildman–Crippen MR) is 71.8 cm³/mol. The van der Waals surface area contributed by atoms with Gasteiger partial charge in [-0.3, -0.25) is 4.90 Å². The molecule has 1 aromatic rings. The number of quaternary nitrogens is 1. The molecule has 1 radical (unpaired) electrons. The van der Waals surface area contributed by atoms with Gasteiger partial charge < -0.3 is 5.21 Å². The molecule has 0 bridgehead atoms. The van der Waals surface area contributed by atoms with Gasteiger partial charge in [-0.1, -0.05) is 0 Å². The van der Waals surface area contributed by atoms with Gasteiger partial charge in [-0.2, -0.15) is 0 Å². The average molecular weight is 247 g/mol. The molecule has 0 saturated carbocycles. The molecule has 0 spiro atoms. The van der Waals surface area contributed by atoms with Crippen molar-refractivity contribution < 1.29 is 4.79 Å². The molecule has 1 fully saturated rings. The number of carbonyl (C=O) groups excluding carboxylic acids is 1. The van der Waals surface area contributed by atoms with Crippen molar-refractivity contribution in [3.63, 3.8) is 0 Å². The summed E-state index contributed by atoms with van der Waals surface area (Å²) in [5.41, 5.74) is 0.487. The van der Waals surface area contributed by atoms with Gasteiger partial charge in [-0.05, 0) is 44.9 Å². The number of hydrogen-bond donors (Lipinski definition) is 0. The van der Waals surface area contributed by atoms with Crippen molar-refractivity contribution in [3.8, 4) is 0 Å². The first-order chi connectivity index (χ1) is 8.56. The van der Waals surface area contributed by atoms with Crippen molar-refractivity contribution in [1.82, 2.24) is 9.55 Å². The molecule has 4 heteroatoms. The third-order valence-electron chi connectivity index (χ3n) is 3.47. The quantitative estimate of drug-likeness (QED) is 0.595. The molecule has 1 aliphatic heterocycles. The number of amides is 2. The normalized spacial score (nSPS) is 19.0. The van der Waals surface area contributed by atoms with Crippen molar-refractivity contribution in [2.24, 2.45) is 0 Å². The van der Waals surface area contributed by atoms with Crippen LogP contribution in [0.1, 0.15) is 26.7 Å². The second-order valence-corrected chi connectivity index (χ2v) is 4.99. The Bertz CT molecular complexity index is 413. The maximum absolute atomic E-state index is 13.0. The van der Waals surface area contributed by atoms with Crippen LogP contribution in [0.4, 0.5) is 10.5 Å². The molecule has 2 rings (SSSR count). The SMILES string of the molecule is CC(C)[N+]([O-])(C(=O)N1CCCC1)c1cc[c]cc1. The number of carbonyl (C=O) groups is 1. The van der Waals surface area contributed by atoms with Crippen LogP contribution in [0.25, 0.3) is 0 Å². The largest absolute Gasteiger partial charge is 0.618 e. The van der Waals surface area contributed by atoms with Gasteiger partial charge in [0.25, 0.3) is 0 Å². The highest BCUT2D eigenvalue weighted by atomic mass is 16.6. The summed E-state index contributed by atoms with van der Waals surface area (Å²) in [7, 11) is 0. The number of urea groups is 1. The Morgan fingerprint density at radius 1 is 1.33 bits per heavy atom. The number of benzene rings is 1. The third-order valence-corrected chi connectivity index (χ3v) is 3.47. The Hall–Kier alpha value is -1.39. The first kappa shape index (κ1) is 13.1. The zero-order valence-electron chi connectivity index (χ0n) is 10.9. The molecule has 0 aliphatic carbocycles. The van der Waals surface area contributed by atoms with Crippen LogP contribution < -0.4 is 4.65 Å². The number of rotatable bonds is 2. The lowest BCUT2D eigenvalue weighted by molar-refractivity contribution is 0.171. The van der Waals surface area contributed by atoms with Crippen LogP contribution in [0.2, 0.25) is 0 Å². The zero-order valence-corrected chi connectivity index (χ0v) is 10.9. The molecular formula is C14H19N2O2. The molecular weight excluding hydrogens is 228 g/mol. The van der Waals surface area contributed by atoms with Crippen molar-refractivity contribution in [2.75, 3.05) is 13.1 Å². The molecule has 97 valence electrons. The molecule has 2 amide bonds. The molecule has 0 aromatic heterocycles. The lowest BCUT2D eigenvalue weighted by atomic mass is 10.2. The first-order valence-corrected chi connectivity index (χ1v) is 6.42. The van der Waals surface area contributed by atoms with E-state index in [1.165, 1.54) is 0 Å². The number of hydroxylamine groups is 2. The summed E-state index contributed by atoms with van der Waals surface area (Å²) in [6, 6.07) is 8.93. The van der Waals surface area contributed by atoms with Crippen LogP contribution in [0.3, 0.4) is 0 Å². The monoisotopic (exact) mass is 247 g/mol. The fraction of sp³-hybridized carbons (Fsp3) is 0.500. The van der Waals surface area contributed by atoms with Gasteiger partial charge in [0, 0.05) is 25.2 Å². The van der Waals surface area contributed by atoms with Gasteiger partial charge in [0.2, 0.25) is 0 Å². The molecule has 1 saturated heterocycles. The summed E-state index contributed by atoms with van der Waals surface area (Å²) in [5, 5.41) is 13.0. The number of hydrogen-bond acceptors (Lipinski definition) is 2. The van der Waals surface area contributed by atoms with Gasteiger partial charge in [0.05, 0.1) is 6.04 Å². The van der Waals surface area contributed by atoms with E-state index in [1.807, 2.05) is 0 Å². The second-order valence-electron chi connectivity index (χ2n) is 4.99. The number of likely N-dealkylation sites (tertiary alicyclic amines) is 1. The molecule has 4 nitrogen and oxygen atoms in total. The van der Waals surface area contributed by atoms with E-state index in [2.05, 4.69) is 6.07 Å². The van der Waals surface area contributed by atoms with Gasteiger partial charge in [-0.25, -0.2) is 9.44 Å². The Kier molecular flexibility index (Phi) is 3.68. The molecule has 1 heterocycles. The van der Waals surface area contributed by atoms with Crippen molar-refractivity contribution >= 4 is 11.7 Å². The van der Waals surface area contributed by atoms with Gasteiger partial charge in [0.15, 0.2) is 0 Å². The predicted octanol–water partition coefficient (Wildman–Crippen LogP) is 2.92. The van der Waals surface area contributed by atoms with Crippen molar-refractivity contribution in [2.45, 2.75) is 32.7 Å². The molecule has 18 heavy (non-hydrogen) atoms. The summed E-state index contributed by atoms with van der Waals surface area (Å²) >= 11 is 0.